The highest BCUT2D eigenvalue weighted by atomic mass is 16.4. The summed E-state index contributed by atoms with van der Waals surface area (Å²) in [6, 6.07) is 2.66. The molecule has 2 fully saturated rings. The summed E-state index contributed by atoms with van der Waals surface area (Å²) in [4.78, 5) is 17.6. The molecule has 0 aromatic carbocycles. The molecule has 5 nitrogen and oxygen atoms in total. The third-order valence-corrected chi connectivity index (χ3v) is 3.69. The van der Waals surface area contributed by atoms with Gasteiger partial charge in [-0.1, -0.05) is 0 Å². The third-order valence-electron chi connectivity index (χ3n) is 3.69. The van der Waals surface area contributed by atoms with Crippen LogP contribution in [0.25, 0.3) is 0 Å². The molecule has 1 aliphatic heterocycles. The number of hydrogen-bond acceptors (Lipinski definition) is 4. The molecule has 0 bridgehead atoms. The number of nitrogens with zero attached hydrogens (tertiary/aromatic N) is 2. The van der Waals surface area contributed by atoms with Crippen molar-refractivity contribution in [3.63, 3.8) is 0 Å². The SMILES string of the molecule is O=C(O)c1ccncc1NC1CCN(C2CC2)C1. The van der Waals surface area contributed by atoms with Crippen molar-refractivity contribution in [1.82, 2.24) is 9.88 Å². The molecule has 1 unspecified atom stereocenters. The van der Waals surface area contributed by atoms with Gasteiger partial charge < -0.3 is 10.4 Å². The number of aromatic nitrogens is 1. The molecule has 1 aliphatic carbocycles. The molecule has 1 aromatic heterocycles. The second-order valence-electron chi connectivity index (χ2n) is 5.08. The summed E-state index contributed by atoms with van der Waals surface area (Å²) in [5.74, 6) is -0.906. The van der Waals surface area contributed by atoms with E-state index in [-0.39, 0.29) is 0 Å². The Bertz CT molecular complexity index is 459. The number of rotatable bonds is 4. The summed E-state index contributed by atoms with van der Waals surface area (Å²) in [5.41, 5.74) is 0.933. The number of hydrogen-bond donors (Lipinski definition) is 2. The first-order chi connectivity index (χ1) is 8.74. The van der Waals surface area contributed by atoms with Crippen molar-refractivity contribution in [2.24, 2.45) is 0 Å². The number of carboxylic acids is 1. The highest BCUT2D eigenvalue weighted by Gasteiger charge is 2.34. The average Bonchev–Trinajstić information content (AvgIpc) is 3.11. The Morgan fingerprint density at radius 2 is 2.28 bits per heavy atom. The summed E-state index contributed by atoms with van der Waals surface area (Å²) in [7, 11) is 0. The van der Waals surface area contributed by atoms with Crippen LogP contribution >= 0.6 is 0 Å². The number of anilines is 1. The largest absolute Gasteiger partial charge is 0.478 e. The first-order valence-corrected chi connectivity index (χ1v) is 6.42. The van der Waals surface area contributed by atoms with Crippen molar-refractivity contribution in [1.29, 1.82) is 0 Å². The Kier molecular flexibility index (Phi) is 2.91. The zero-order chi connectivity index (χ0) is 12.5. The average molecular weight is 247 g/mol. The lowest BCUT2D eigenvalue weighted by molar-refractivity contribution is 0.0698. The molecule has 5 heteroatoms. The smallest absolute Gasteiger partial charge is 0.337 e. The lowest BCUT2D eigenvalue weighted by Gasteiger charge is -2.17. The van der Waals surface area contributed by atoms with Crippen molar-refractivity contribution < 1.29 is 9.90 Å². The van der Waals surface area contributed by atoms with Gasteiger partial charge in [0, 0.05) is 31.4 Å². The van der Waals surface area contributed by atoms with Gasteiger partial charge in [0.25, 0.3) is 0 Å². The lowest BCUT2D eigenvalue weighted by atomic mass is 10.2. The molecule has 0 radical (unpaired) electrons. The molecule has 0 amide bonds. The molecule has 2 N–H and O–H groups in total. The topological polar surface area (TPSA) is 65.5 Å². The van der Waals surface area contributed by atoms with E-state index in [9.17, 15) is 4.79 Å². The van der Waals surface area contributed by atoms with Gasteiger partial charge in [-0.2, -0.15) is 0 Å². The molecule has 1 atom stereocenters. The monoisotopic (exact) mass is 247 g/mol. The second kappa shape index (κ2) is 4.57. The Morgan fingerprint density at radius 3 is 3.00 bits per heavy atom. The van der Waals surface area contributed by atoms with E-state index in [4.69, 9.17) is 5.11 Å². The maximum Gasteiger partial charge on any atom is 0.337 e. The molecule has 1 saturated carbocycles. The van der Waals surface area contributed by atoms with E-state index >= 15 is 0 Å². The molecule has 2 aliphatic rings. The fraction of sp³-hybridized carbons (Fsp3) is 0.538. The molecule has 3 rings (SSSR count). The number of aromatic carboxylic acids is 1. The zero-order valence-electron chi connectivity index (χ0n) is 10.2. The Morgan fingerprint density at radius 1 is 1.44 bits per heavy atom. The summed E-state index contributed by atoms with van der Waals surface area (Å²) >= 11 is 0. The standard InChI is InChI=1S/C13H17N3O2/c17-13(18)11-3-5-14-7-12(11)15-9-4-6-16(8-9)10-1-2-10/h3,5,7,9-10,15H,1-2,4,6,8H2,(H,17,18). The van der Waals surface area contributed by atoms with Gasteiger partial charge in [0.15, 0.2) is 0 Å². The van der Waals surface area contributed by atoms with E-state index in [1.54, 1.807) is 6.20 Å². The highest BCUT2D eigenvalue weighted by Crippen LogP contribution is 2.30. The van der Waals surface area contributed by atoms with Crippen LogP contribution in [0, 0.1) is 0 Å². The van der Waals surface area contributed by atoms with Gasteiger partial charge in [-0.3, -0.25) is 9.88 Å². The van der Waals surface area contributed by atoms with Crippen LogP contribution < -0.4 is 5.32 Å². The Balaban J connectivity index is 1.67. The van der Waals surface area contributed by atoms with Gasteiger partial charge in [0.2, 0.25) is 0 Å². The first kappa shape index (κ1) is 11.5. The van der Waals surface area contributed by atoms with Crippen molar-refractivity contribution >= 4 is 11.7 Å². The van der Waals surface area contributed by atoms with E-state index in [2.05, 4.69) is 15.2 Å². The van der Waals surface area contributed by atoms with Crippen LogP contribution in [0.1, 0.15) is 29.6 Å². The molecule has 18 heavy (non-hydrogen) atoms. The molecule has 96 valence electrons. The number of carboxylic acid groups (broad SMARTS) is 1. The van der Waals surface area contributed by atoms with Gasteiger partial charge in [-0.15, -0.1) is 0 Å². The zero-order valence-corrected chi connectivity index (χ0v) is 10.2. The van der Waals surface area contributed by atoms with E-state index in [0.717, 1.165) is 25.6 Å². The normalized spacial score (nSPS) is 24.1. The van der Waals surface area contributed by atoms with Crippen molar-refractivity contribution in [3.8, 4) is 0 Å². The van der Waals surface area contributed by atoms with Crippen LogP contribution in [-0.4, -0.2) is 46.1 Å². The summed E-state index contributed by atoms with van der Waals surface area (Å²) in [6.07, 6.45) is 6.83. The van der Waals surface area contributed by atoms with Crippen LogP contribution in [0.2, 0.25) is 0 Å². The van der Waals surface area contributed by atoms with Crippen molar-refractivity contribution in [3.05, 3.63) is 24.0 Å². The quantitative estimate of drug-likeness (QED) is 0.842. The van der Waals surface area contributed by atoms with Gasteiger partial charge in [0.05, 0.1) is 17.4 Å². The maximum absolute atomic E-state index is 11.1. The van der Waals surface area contributed by atoms with Crippen LogP contribution in [0.5, 0.6) is 0 Å². The lowest BCUT2D eigenvalue weighted by Crippen LogP contribution is -2.28. The van der Waals surface area contributed by atoms with Gasteiger partial charge in [0.1, 0.15) is 0 Å². The van der Waals surface area contributed by atoms with Crippen LogP contribution in [0.15, 0.2) is 18.5 Å². The number of carbonyl (C=O) groups is 1. The van der Waals surface area contributed by atoms with Crippen LogP contribution in [-0.2, 0) is 0 Å². The van der Waals surface area contributed by atoms with Crippen LogP contribution in [0.3, 0.4) is 0 Å². The number of pyridine rings is 1. The fourth-order valence-corrected chi connectivity index (χ4v) is 2.59. The van der Waals surface area contributed by atoms with Crippen molar-refractivity contribution in [2.45, 2.75) is 31.3 Å². The summed E-state index contributed by atoms with van der Waals surface area (Å²) < 4.78 is 0. The van der Waals surface area contributed by atoms with Gasteiger partial charge in [-0.25, -0.2) is 4.79 Å². The molecule has 1 aromatic rings. The maximum atomic E-state index is 11.1. The second-order valence-corrected chi connectivity index (χ2v) is 5.08. The Labute approximate surface area is 106 Å². The molecular weight excluding hydrogens is 230 g/mol. The Hall–Kier alpha value is -1.62. The summed E-state index contributed by atoms with van der Waals surface area (Å²) in [6.45, 7) is 2.13. The minimum atomic E-state index is -0.906. The molecule has 1 saturated heterocycles. The minimum absolute atomic E-state index is 0.301. The predicted molar refractivity (Wildman–Crippen MR) is 67.8 cm³/mol. The fourth-order valence-electron chi connectivity index (χ4n) is 2.59. The van der Waals surface area contributed by atoms with E-state index in [0.29, 0.717) is 17.3 Å². The van der Waals surface area contributed by atoms with Crippen LogP contribution in [0.4, 0.5) is 5.69 Å². The molecule has 0 spiro atoms. The highest BCUT2D eigenvalue weighted by molar-refractivity contribution is 5.93. The van der Waals surface area contributed by atoms with E-state index < -0.39 is 5.97 Å². The van der Waals surface area contributed by atoms with Crippen molar-refractivity contribution in [2.75, 3.05) is 18.4 Å². The van der Waals surface area contributed by atoms with Gasteiger partial charge in [-0.05, 0) is 25.3 Å². The van der Waals surface area contributed by atoms with E-state index in [1.165, 1.54) is 25.1 Å². The third kappa shape index (κ3) is 2.31. The first-order valence-electron chi connectivity index (χ1n) is 6.42. The minimum Gasteiger partial charge on any atom is -0.478 e. The predicted octanol–water partition coefficient (Wildman–Crippen LogP) is 1.43. The van der Waals surface area contributed by atoms with E-state index in [1.807, 2.05) is 0 Å². The summed E-state index contributed by atoms with van der Waals surface area (Å²) in [5, 5.41) is 12.4. The molecule has 2 heterocycles. The number of nitrogens with one attached hydrogen (secondary N) is 1. The van der Waals surface area contributed by atoms with Gasteiger partial charge >= 0.3 is 5.97 Å². The molecular formula is C13H17N3O2. The number of likely N-dealkylation sites (tertiary alicyclic amines) is 1.